The highest BCUT2D eigenvalue weighted by Crippen LogP contribution is 2.31. The third kappa shape index (κ3) is 6.45. The predicted octanol–water partition coefficient (Wildman–Crippen LogP) is 2.94. The fourth-order valence-electron chi connectivity index (χ4n) is 2.89. The molecule has 168 valence electrons. The van der Waals surface area contributed by atoms with Gasteiger partial charge in [-0.05, 0) is 50.1 Å². The molecule has 0 saturated carbocycles. The number of sulfonamides is 1. The van der Waals surface area contributed by atoms with E-state index in [4.69, 9.17) is 4.74 Å². The summed E-state index contributed by atoms with van der Waals surface area (Å²) >= 11 is 0. The zero-order valence-electron chi connectivity index (χ0n) is 18.4. The summed E-state index contributed by atoms with van der Waals surface area (Å²) in [7, 11) is -2.36. The van der Waals surface area contributed by atoms with Gasteiger partial charge in [-0.2, -0.15) is 0 Å². The quantitative estimate of drug-likeness (QED) is 0.615. The molecule has 0 fully saturated rings. The molecule has 1 atom stereocenters. The van der Waals surface area contributed by atoms with Crippen LogP contribution in [0.4, 0.5) is 11.4 Å². The molecule has 2 N–H and O–H groups in total. The number of benzene rings is 2. The molecule has 0 bridgehead atoms. The monoisotopic (exact) mass is 447 g/mol. The van der Waals surface area contributed by atoms with Crippen LogP contribution >= 0.6 is 0 Å². The van der Waals surface area contributed by atoms with Crippen molar-refractivity contribution in [2.24, 2.45) is 0 Å². The minimum Gasteiger partial charge on any atom is -0.495 e. The highest BCUT2D eigenvalue weighted by atomic mass is 32.2. The van der Waals surface area contributed by atoms with E-state index >= 15 is 0 Å². The Morgan fingerprint density at radius 1 is 1.16 bits per heavy atom. The van der Waals surface area contributed by atoms with Crippen LogP contribution < -0.4 is 19.7 Å². The fraction of sp³-hybridized carbons (Fsp3) is 0.364. The minimum atomic E-state index is -3.79. The first-order valence-corrected chi connectivity index (χ1v) is 11.7. The lowest BCUT2D eigenvalue weighted by Crippen LogP contribution is -2.38. The summed E-state index contributed by atoms with van der Waals surface area (Å²) in [4.78, 5) is 25.3. The van der Waals surface area contributed by atoms with Crippen molar-refractivity contribution in [1.82, 2.24) is 5.32 Å². The second-order valence-corrected chi connectivity index (χ2v) is 9.23. The van der Waals surface area contributed by atoms with Gasteiger partial charge in [-0.25, -0.2) is 8.42 Å². The Bertz CT molecular complexity index is 1050. The molecule has 2 amide bonds. The SMILES string of the molecule is CC[C@H](C)NC(=O)c1ccccc1NC(=O)CN(c1cc(C)ccc1OC)S(C)(=O)=O. The molecule has 0 radical (unpaired) electrons. The first-order chi connectivity index (χ1) is 14.6. The molecule has 0 aliphatic carbocycles. The Morgan fingerprint density at radius 2 is 1.84 bits per heavy atom. The van der Waals surface area contributed by atoms with Crippen molar-refractivity contribution < 1.29 is 22.7 Å². The predicted molar refractivity (Wildman–Crippen MR) is 122 cm³/mol. The molecule has 9 heteroatoms. The maximum atomic E-state index is 12.8. The molecule has 0 aliphatic heterocycles. The van der Waals surface area contributed by atoms with Gasteiger partial charge in [-0.1, -0.05) is 25.1 Å². The van der Waals surface area contributed by atoms with Crippen LogP contribution in [0.25, 0.3) is 0 Å². The maximum Gasteiger partial charge on any atom is 0.253 e. The van der Waals surface area contributed by atoms with Gasteiger partial charge in [0.15, 0.2) is 0 Å². The minimum absolute atomic E-state index is 0.0224. The molecule has 31 heavy (non-hydrogen) atoms. The summed E-state index contributed by atoms with van der Waals surface area (Å²) < 4.78 is 31.2. The van der Waals surface area contributed by atoms with Crippen molar-refractivity contribution in [3.05, 3.63) is 53.6 Å². The van der Waals surface area contributed by atoms with E-state index in [-0.39, 0.29) is 17.6 Å². The lowest BCUT2D eigenvalue weighted by Gasteiger charge is -2.24. The third-order valence-corrected chi connectivity index (χ3v) is 5.85. The van der Waals surface area contributed by atoms with Crippen molar-refractivity contribution in [3.63, 3.8) is 0 Å². The second-order valence-electron chi connectivity index (χ2n) is 7.32. The maximum absolute atomic E-state index is 12.8. The van der Waals surface area contributed by atoms with Crippen molar-refractivity contribution in [2.45, 2.75) is 33.2 Å². The van der Waals surface area contributed by atoms with Crippen LogP contribution in [0.15, 0.2) is 42.5 Å². The number of methoxy groups -OCH3 is 1. The second kappa shape index (κ2) is 10.3. The molecule has 0 aromatic heterocycles. The number of aryl methyl sites for hydroxylation is 1. The van der Waals surface area contributed by atoms with Gasteiger partial charge in [-0.3, -0.25) is 13.9 Å². The Morgan fingerprint density at radius 3 is 2.45 bits per heavy atom. The van der Waals surface area contributed by atoms with E-state index in [1.807, 2.05) is 20.8 Å². The van der Waals surface area contributed by atoms with E-state index in [2.05, 4.69) is 10.6 Å². The Kier molecular flexibility index (Phi) is 8.04. The topological polar surface area (TPSA) is 105 Å². The van der Waals surface area contributed by atoms with Crippen LogP contribution in [0, 0.1) is 6.92 Å². The van der Waals surface area contributed by atoms with Crippen molar-refractivity contribution >= 4 is 33.2 Å². The normalized spacial score (nSPS) is 12.0. The number of amides is 2. The summed E-state index contributed by atoms with van der Waals surface area (Å²) in [6.45, 7) is 5.19. The van der Waals surface area contributed by atoms with Gasteiger partial charge >= 0.3 is 0 Å². The average Bonchev–Trinajstić information content (AvgIpc) is 2.71. The van der Waals surface area contributed by atoms with Gasteiger partial charge in [0.2, 0.25) is 15.9 Å². The van der Waals surface area contributed by atoms with Crippen molar-refractivity contribution in [3.8, 4) is 5.75 Å². The van der Waals surface area contributed by atoms with E-state index < -0.39 is 22.5 Å². The molecule has 2 aromatic rings. The van der Waals surface area contributed by atoms with E-state index in [0.717, 1.165) is 22.5 Å². The Hall–Kier alpha value is -3.07. The first kappa shape index (κ1) is 24.2. The van der Waals surface area contributed by atoms with E-state index in [1.165, 1.54) is 7.11 Å². The van der Waals surface area contributed by atoms with Gasteiger partial charge in [-0.15, -0.1) is 0 Å². The largest absolute Gasteiger partial charge is 0.495 e. The van der Waals surface area contributed by atoms with E-state index in [9.17, 15) is 18.0 Å². The molecule has 0 saturated heterocycles. The Balaban J connectivity index is 2.30. The van der Waals surface area contributed by atoms with Gasteiger partial charge in [0, 0.05) is 6.04 Å². The van der Waals surface area contributed by atoms with E-state index in [0.29, 0.717) is 17.0 Å². The van der Waals surface area contributed by atoms with Gasteiger partial charge in [0.05, 0.1) is 30.3 Å². The molecule has 0 unspecified atom stereocenters. The van der Waals surface area contributed by atoms with Crippen LogP contribution in [0.5, 0.6) is 5.75 Å². The van der Waals surface area contributed by atoms with Crippen LogP contribution in [0.1, 0.15) is 36.2 Å². The van der Waals surface area contributed by atoms with Gasteiger partial charge in [0.1, 0.15) is 12.3 Å². The van der Waals surface area contributed by atoms with Crippen molar-refractivity contribution in [1.29, 1.82) is 0 Å². The molecule has 0 heterocycles. The number of hydrogen-bond donors (Lipinski definition) is 2. The molecular formula is C22H29N3O5S. The molecule has 2 rings (SSSR count). The molecule has 8 nitrogen and oxygen atoms in total. The number of nitrogens with one attached hydrogen (secondary N) is 2. The summed E-state index contributed by atoms with van der Waals surface area (Å²) in [5, 5.41) is 5.52. The highest BCUT2D eigenvalue weighted by molar-refractivity contribution is 7.92. The van der Waals surface area contributed by atoms with E-state index in [1.54, 1.807) is 42.5 Å². The molecular weight excluding hydrogens is 418 g/mol. The van der Waals surface area contributed by atoms with Crippen LogP contribution in [-0.4, -0.2) is 46.2 Å². The zero-order chi connectivity index (χ0) is 23.2. The standard InChI is InChI=1S/C22H29N3O5S/c1-6-16(3)23-22(27)17-9-7-8-10-18(17)24-21(26)14-25(31(5,28)29)19-13-15(2)11-12-20(19)30-4/h7-13,16H,6,14H2,1-5H3,(H,23,27)(H,24,26)/t16-/m0/s1. The Labute approximate surface area is 183 Å². The lowest BCUT2D eigenvalue weighted by molar-refractivity contribution is -0.114. The highest BCUT2D eigenvalue weighted by Gasteiger charge is 2.25. The van der Waals surface area contributed by atoms with Gasteiger partial charge < -0.3 is 15.4 Å². The smallest absolute Gasteiger partial charge is 0.253 e. The number of ether oxygens (including phenoxy) is 1. The molecule has 2 aromatic carbocycles. The van der Waals surface area contributed by atoms with Crippen LogP contribution in [0.2, 0.25) is 0 Å². The first-order valence-electron chi connectivity index (χ1n) is 9.88. The summed E-state index contributed by atoms with van der Waals surface area (Å²) in [5.74, 6) is -0.569. The van der Waals surface area contributed by atoms with Crippen LogP contribution in [-0.2, 0) is 14.8 Å². The molecule has 0 aliphatic rings. The lowest BCUT2D eigenvalue weighted by atomic mass is 10.1. The van der Waals surface area contributed by atoms with Crippen LogP contribution in [0.3, 0.4) is 0 Å². The number of carbonyl (C=O) groups is 2. The zero-order valence-corrected chi connectivity index (χ0v) is 19.2. The number of para-hydroxylation sites is 1. The average molecular weight is 448 g/mol. The van der Waals surface area contributed by atoms with Gasteiger partial charge in [0.25, 0.3) is 5.91 Å². The number of hydrogen-bond acceptors (Lipinski definition) is 5. The number of carbonyl (C=O) groups excluding carboxylic acids is 2. The summed E-state index contributed by atoms with van der Waals surface area (Å²) in [6, 6.07) is 11.6. The molecule has 0 spiro atoms. The number of nitrogens with zero attached hydrogens (tertiary/aromatic N) is 1. The third-order valence-electron chi connectivity index (χ3n) is 4.73. The fourth-order valence-corrected chi connectivity index (χ4v) is 3.74. The number of anilines is 2. The summed E-state index contributed by atoms with van der Waals surface area (Å²) in [6.07, 6.45) is 1.79. The number of rotatable bonds is 9. The summed E-state index contributed by atoms with van der Waals surface area (Å²) in [5.41, 5.74) is 1.69. The van der Waals surface area contributed by atoms with Crippen molar-refractivity contribution in [2.75, 3.05) is 29.5 Å².